The minimum Gasteiger partial charge on any atom is -0.381 e. The van der Waals surface area contributed by atoms with E-state index in [0.717, 1.165) is 91.0 Å². The van der Waals surface area contributed by atoms with Crippen molar-refractivity contribution in [1.82, 2.24) is 15.5 Å². The summed E-state index contributed by atoms with van der Waals surface area (Å²) in [4.78, 5) is 6.91. The first-order valence-corrected chi connectivity index (χ1v) is 11.7. The molecular formula is C24H40N4O3. The first kappa shape index (κ1) is 24.0. The fourth-order valence-electron chi connectivity index (χ4n) is 4.18. The summed E-state index contributed by atoms with van der Waals surface area (Å²) in [5.74, 6) is 1.50. The molecule has 1 aromatic carbocycles. The first-order chi connectivity index (χ1) is 15.3. The van der Waals surface area contributed by atoms with Crippen LogP contribution in [0.15, 0.2) is 29.3 Å². The molecule has 2 aliphatic rings. The summed E-state index contributed by atoms with van der Waals surface area (Å²) in [6, 6.07) is 9.10. The molecule has 0 aromatic heterocycles. The van der Waals surface area contributed by atoms with Gasteiger partial charge in [0, 0.05) is 59.7 Å². The smallest absolute Gasteiger partial charge is 0.191 e. The molecule has 0 radical (unpaired) electrons. The lowest BCUT2D eigenvalue weighted by Crippen LogP contribution is -2.46. The Morgan fingerprint density at radius 3 is 2.68 bits per heavy atom. The van der Waals surface area contributed by atoms with Crippen LogP contribution in [0.25, 0.3) is 0 Å². The second kappa shape index (κ2) is 13.7. The van der Waals surface area contributed by atoms with E-state index in [1.807, 2.05) is 7.05 Å². The maximum Gasteiger partial charge on any atom is 0.191 e. The summed E-state index contributed by atoms with van der Waals surface area (Å²) in [6.07, 6.45) is 3.22. The topological polar surface area (TPSA) is 67.4 Å². The maximum absolute atomic E-state index is 5.86. The SMILES string of the molecule is CN=C(NCCCOCC1CCOCC1)NCC(c1cccc(C)c1)N1CCOCC1. The van der Waals surface area contributed by atoms with Gasteiger partial charge in [-0.15, -0.1) is 0 Å². The Hall–Kier alpha value is -1.67. The number of nitrogens with one attached hydrogen (secondary N) is 2. The fourth-order valence-corrected chi connectivity index (χ4v) is 4.18. The second-order valence-electron chi connectivity index (χ2n) is 8.44. The van der Waals surface area contributed by atoms with Gasteiger partial charge in [0.25, 0.3) is 0 Å². The van der Waals surface area contributed by atoms with Crippen LogP contribution in [0, 0.1) is 12.8 Å². The zero-order chi connectivity index (χ0) is 21.7. The van der Waals surface area contributed by atoms with Gasteiger partial charge in [0.1, 0.15) is 0 Å². The van der Waals surface area contributed by atoms with Crippen LogP contribution in [0.4, 0.5) is 0 Å². The quantitative estimate of drug-likeness (QED) is 0.336. The Bertz CT molecular complexity index is 658. The molecule has 31 heavy (non-hydrogen) atoms. The fraction of sp³-hybridized carbons (Fsp3) is 0.708. The number of aryl methyl sites for hydroxylation is 1. The van der Waals surface area contributed by atoms with Crippen molar-refractivity contribution >= 4 is 5.96 Å². The van der Waals surface area contributed by atoms with Crippen LogP contribution in [-0.2, 0) is 14.2 Å². The highest BCUT2D eigenvalue weighted by atomic mass is 16.5. The molecule has 2 N–H and O–H groups in total. The van der Waals surface area contributed by atoms with Crippen LogP contribution in [0.1, 0.15) is 36.4 Å². The average Bonchev–Trinajstić information content (AvgIpc) is 2.81. The van der Waals surface area contributed by atoms with Gasteiger partial charge in [-0.05, 0) is 37.7 Å². The van der Waals surface area contributed by atoms with Gasteiger partial charge in [0.15, 0.2) is 5.96 Å². The molecule has 2 aliphatic heterocycles. The van der Waals surface area contributed by atoms with Gasteiger partial charge in [0.2, 0.25) is 0 Å². The van der Waals surface area contributed by atoms with Crippen molar-refractivity contribution in [2.45, 2.75) is 32.2 Å². The molecule has 2 heterocycles. The summed E-state index contributed by atoms with van der Waals surface area (Å²) in [6.45, 7) is 10.7. The highest BCUT2D eigenvalue weighted by Gasteiger charge is 2.23. The van der Waals surface area contributed by atoms with E-state index in [-0.39, 0.29) is 0 Å². The Morgan fingerprint density at radius 1 is 1.16 bits per heavy atom. The number of hydrogen-bond donors (Lipinski definition) is 2. The Morgan fingerprint density at radius 2 is 1.94 bits per heavy atom. The van der Waals surface area contributed by atoms with E-state index in [1.165, 1.54) is 11.1 Å². The third kappa shape index (κ3) is 8.41. The largest absolute Gasteiger partial charge is 0.381 e. The monoisotopic (exact) mass is 432 g/mol. The van der Waals surface area contributed by atoms with Gasteiger partial charge in [-0.2, -0.15) is 0 Å². The highest BCUT2D eigenvalue weighted by molar-refractivity contribution is 5.79. The molecule has 0 aliphatic carbocycles. The second-order valence-corrected chi connectivity index (χ2v) is 8.44. The van der Waals surface area contributed by atoms with E-state index in [1.54, 1.807) is 0 Å². The lowest BCUT2D eigenvalue weighted by atomic mass is 10.0. The van der Waals surface area contributed by atoms with Crippen molar-refractivity contribution < 1.29 is 14.2 Å². The van der Waals surface area contributed by atoms with Crippen LogP contribution in [0.5, 0.6) is 0 Å². The molecule has 0 saturated carbocycles. The number of rotatable bonds is 10. The van der Waals surface area contributed by atoms with Crippen LogP contribution in [0.3, 0.4) is 0 Å². The lowest BCUT2D eigenvalue weighted by molar-refractivity contribution is 0.0169. The number of guanidine groups is 1. The van der Waals surface area contributed by atoms with Gasteiger partial charge in [0.05, 0.1) is 19.3 Å². The van der Waals surface area contributed by atoms with Gasteiger partial charge < -0.3 is 24.8 Å². The van der Waals surface area contributed by atoms with E-state index in [0.29, 0.717) is 12.0 Å². The van der Waals surface area contributed by atoms with E-state index in [2.05, 4.69) is 51.7 Å². The predicted molar refractivity (Wildman–Crippen MR) is 125 cm³/mol. The predicted octanol–water partition coefficient (Wildman–Crippen LogP) is 2.37. The number of benzene rings is 1. The van der Waals surface area contributed by atoms with E-state index >= 15 is 0 Å². The molecule has 2 saturated heterocycles. The minimum absolute atomic E-state index is 0.296. The van der Waals surface area contributed by atoms with E-state index < -0.39 is 0 Å². The van der Waals surface area contributed by atoms with E-state index in [9.17, 15) is 0 Å². The van der Waals surface area contributed by atoms with Crippen molar-refractivity contribution in [3.63, 3.8) is 0 Å². The van der Waals surface area contributed by atoms with Gasteiger partial charge in [-0.3, -0.25) is 9.89 Å². The van der Waals surface area contributed by atoms with Crippen LogP contribution < -0.4 is 10.6 Å². The minimum atomic E-state index is 0.296. The van der Waals surface area contributed by atoms with Crippen molar-refractivity contribution in [3.05, 3.63) is 35.4 Å². The van der Waals surface area contributed by atoms with Gasteiger partial charge in [-0.1, -0.05) is 29.8 Å². The van der Waals surface area contributed by atoms with Gasteiger partial charge >= 0.3 is 0 Å². The Kier molecular flexibility index (Phi) is 10.6. The average molecular weight is 433 g/mol. The van der Waals surface area contributed by atoms with Gasteiger partial charge in [-0.25, -0.2) is 0 Å². The standard InChI is InChI=1S/C24H40N4O3/c1-20-5-3-6-22(17-20)23(28-10-15-30-16-11-28)18-27-24(25-2)26-9-4-12-31-19-21-7-13-29-14-8-21/h3,5-6,17,21,23H,4,7-16,18-19H2,1-2H3,(H2,25,26,27). The zero-order valence-corrected chi connectivity index (χ0v) is 19.3. The molecule has 3 rings (SSSR count). The third-order valence-corrected chi connectivity index (χ3v) is 6.05. The molecule has 2 fully saturated rings. The van der Waals surface area contributed by atoms with Crippen LogP contribution in [-0.4, -0.2) is 83.7 Å². The normalized spacial score (nSPS) is 19.9. The molecule has 1 aromatic rings. The van der Waals surface area contributed by atoms with Crippen LogP contribution >= 0.6 is 0 Å². The lowest BCUT2D eigenvalue weighted by Gasteiger charge is -2.35. The molecule has 7 heteroatoms. The Balaban J connectivity index is 1.40. The van der Waals surface area contributed by atoms with Crippen LogP contribution in [0.2, 0.25) is 0 Å². The maximum atomic E-state index is 5.86. The molecule has 0 amide bonds. The molecule has 0 bridgehead atoms. The number of morpholine rings is 1. The van der Waals surface area contributed by atoms with E-state index in [4.69, 9.17) is 14.2 Å². The molecule has 174 valence electrons. The number of aliphatic imine (C=N–C) groups is 1. The highest BCUT2D eigenvalue weighted by Crippen LogP contribution is 2.22. The summed E-state index contributed by atoms with van der Waals surface area (Å²) in [5.41, 5.74) is 2.63. The summed E-state index contributed by atoms with van der Waals surface area (Å²) >= 11 is 0. The molecule has 7 nitrogen and oxygen atoms in total. The summed E-state index contributed by atoms with van der Waals surface area (Å²) < 4.78 is 16.8. The number of hydrogen-bond acceptors (Lipinski definition) is 5. The molecule has 0 spiro atoms. The number of ether oxygens (including phenoxy) is 3. The summed E-state index contributed by atoms with van der Waals surface area (Å²) in [5, 5.41) is 6.95. The number of nitrogens with zero attached hydrogens (tertiary/aromatic N) is 2. The van der Waals surface area contributed by atoms with Crippen molar-refractivity contribution in [1.29, 1.82) is 0 Å². The van der Waals surface area contributed by atoms with Crippen molar-refractivity contribution in [3.8, 4) is 0 Å². The zero-order valence-electron chi connectivity index (χ0n) is 19.3. The van der Waals surface area contributed by atoms with Crippen molar-refractivity contribution in [2.75, 3.05) is 72.9 Å². The van der Waals surface area contributed by atoms with Crippen molar-refractivity contribution in [2.24, 2.45) is 10.9 Å². The molecule has 1 unspecified atom stereocenters. The third-order valence-electron chi connectivity index (χ3n) is 6.05. The Labute approximate surface area is 187 Å². The first-order valence-electron chi connectivity index (χ1n) is 11.7. The molecule has 1 atom stereocenters. The summed E-state index contributed by atoms with van der Waals surface area (Å²) in [7, 11) is 1.83. The molecular weight excluding hydrogens is 392 g/mol.